The van der Waals surface area contributed by atoms with Crippen LogP contribution in [0.2, 0.25) is 0 Å². The van der Waals surface area contributed by atoms with Crippen molar-refractivity contribution in [2.75, 3.05) is 23.0 Å². The summed E-state index contributed by atoms with van der Waals surface area (Å²) >= 11 is 1.74. The average Bonchev–Trinajstić information content (AvgIpc) is 3.53. The third-order valence-electron chi connectivity index (χ3n) is 7.80. The first-order chi connectivity index (χ1) is 23.3. The summed E-state index contributed by atoms with van der Waals surface area (Å²) in [6.07, 6.45) is 0. The second-order valence-electron chi connectivity index (χ2n) is 13.4. The molecule has 4 aromatic heterocycles. The van der Waals surface area contributed by atoms with Gasteiger partial charge in [-0.15, -0.1) is 0 Å². The molecule has 2 aromatic carbocycles. The molecule has 0 unspecified atom stereocenters. The smallest absolute Gasteiger partial charge is 0.157 e. The number of aliphatic hydroxyl groups is 2. The highest BCUT2D eigenvalue weighted by atomic mass is 32.2. The number of imidazole rings is 2. The van der Waals surface area contributed by atoms with Crippen LogP contribution < -0.4 is 11.5 Å². The molecule has 4 heterocycles. The Morgan fingerprint density at radius 3 is 1.62 bits per heavy atom. The van der Waals surface area contributed by atoms with Crippen LogP contribution in [0.3, 0.4) is 0 Å². The summed E-state index contributed by atoms with van der Waals surface area (Å²) in [5, 5.41) is 22.0. The summed E-state index contributed by atoms with van der Waals surface area (Å²) < 4.78 is 55.1. The SMILES string of the molecule is CCS(=O)(=O)Cc1nc2c(N)nc3cc(F)ccc3c2n1CC(C)(C)O.CCSCc1nc2c(N)nc3cc(F)ccc3c2n1CC(C)(C)O. The van der Waals surface area contributed by atoms with Crippen molar-refractivity contribution in [2.45, 2.75) is 77.3 Å². The van der Waals surface area contributed by atoms with Gasteiger partial charge < -0.3 is 30.8 Å². The number of rotatable bonds is 10. The van der Waals surface area contributed by atoms with Gasteiger partial charge in [0.1, 0.15) is 40.1 Å². The largest absolute Gasteiger partial charge is 0.389 e. The summed E-state index contributed by atoms with van der Waals surface area (Å²) in [6, 6.07) is 8.58. The number of fused-ring (bicyclic) bond motifs is 6. The van der Waals surface area contributed by atoms with Crippen LogP contribution >= 0.6 is 11.8 Å². The van der Waals surface area contributed by atoms with Crippen LogP contribution in [0.15, 0.2) is 36.4 Å². The van der Waals surface area contributed by atoms with E-state index in [1.54, 1.807) is 63.1 Å². The first-order valence-corrected chi connectivity index (χ1v) is 19.0. The number of pyridine rings is 2. The molecule has 12 nitrogen and oxygen atoms in total. The standard InChI is InChI=1S/C17H21FN4O3S.C17H21FN4OS/c1-4-26(24,25)8-13-21-14-15(22(13)9-17(2,3)23)11-6-5-10(18)7-12(11)20-16(14)19;1-4-24-8-13-21-14-15(22(13)9-17(2,3)23)11-6-5-10(18)7-12(11)20-16(14)19/h5-7,23H,4,8-9H2,1-3H3,(H2,19,20);5-7,23H,4,8-9H2,1-3H3,(H2,19,20). The Bertz CT molecular complexity index is 2330. The summed E-state index contributed by atoms with van der Waals surface area (Å²) in [4.78, 5) is 17.5. The quantitative estimate of drug-likeness (QED) is 0.143. The molecule has 0 aliphatic rings. The van der Waals surface area contributed by atoms with E-state index in [1.807, 2.05) is 4.57 Å². The molecular formula is C34H42F2N8O4S2. The molecule has 0 saturated carbocycles. The van der Waals surface area contributed by atoms with E-state index in [0.717, 1.165) is 22.5 Å². The fraction of sp³-hybridized carbons (Fsp3) is 0.412. The summed E-state index contributed by atoms with van der Waals surface area (Å²) in [6.45, 7) is 10.9. The molecular weight excluding hydrogens is 687 g/mol. The van der Waals surface area contributed by atoms with Crippen LogP contribution in [0.5, 0.6) is 0 Å². The van der Waals surface area contributed by atoms with E-state index in [9.17, 15) is 27.4 Å². The van der Waals surface area contributed by atoms with Gasteiger partial charge >= 0.3 is 0 Å². The van der Waals surface area contributed by atoms with Gasteiger partial charge in [0.2, 0.25) is 0 Å². The van der Waals surface area contributed by atoms with Crippen LogP contribution in [-0.2, 0) is 34.4 Å². The van der Waals surface area contributed by atoms with Crippen molar-refractivity contribution in [3.63, 3.8) is 0 Å². The molecule has 6 aromatic rings. The second kappa shape index (κ2) is 13.9. The first-order valence-electron chi connectivity index (χ1n) is 16.0. The molecule has 50 heavy (non-hydrogen) atoms. The number of sulfone groups is 1. The number of nitrogen functional groups attached to an aromatic ring is 2. The number of anilines is 2. The normalized spacial score (nSPS) is 12.7. The Morgan fingerprint density at radius 2 is 1.20 bits per heavy atom. The van der Waals surface area contributed by atoms with E-state index < -0.39 is 26.9 Å². The molecule has 6 N–H and O–H groups in total. The molecule has 6 rings (SSSR count). The van der Waals surface area contributed by atoms with Gasteiger partial charge in [-0.1, -0.05) is 13.8 Å². The number of nitrogens with zero attached hydrogens (tertiary/aromatic N) is 6. The number of thioether (sulfide) groups is 1. The van der Waals surface area contributed by atoms with Gasteiger partial charge in [0.15, 0.2) is 21.5 Å². The van der Waals surface area contributed by atoms with Gasteiger partial charge in [-0.05, 0) is 57.7 Å². The Balaban J connectivity index is 0.000000195. The lowest BCUT2D eigenvalue weighted by molar-refractivity contribution is 0.0614. The van der Waals surface area contributed by atoms with Gasteiger partial charge in [-0.3, -0.25) is 0 Å². The molecule has 0 radical (unpaired) electrons. The fourth-order valence-electron chi connectivity index (χ4n) is 5.69. The van der Waals surface area contributed by atoms with Gasteiger partial charge in [0, 0.05) is 28.7 Å². The number of hydrogen-bond donors (Lipinski definition) is 4. The predicted octanol–water partition coefficient (Wildman–Crippen LogP) is 5.34. The molecule has 0 atom stereocenters. The molecule has 0 aliphatic carbocycles. The monoisotopic (exact) mass is 728 g/mol. The highest BCUT2D eigenvalue weighted by molar-refractivity contribution is 7.98. The number of benzene rings is 2. The zero-order chi connectivity index (χ0) is 36.8. The van der Waals surface area contributed by atoms with E-state index in [-0.39, 0.29) is 41.3 Å². The van der Waals surface area contributed by atoms with E-state index in [2.05, 4.69) is 26.9 Å². The maximum atomic E-state index is 13.6. The van der Waals surface area contributed by atoms with Crippen molar-refractivity contribution in [1.29, 1.82) is 0 Å². The Labute approximate surface area is 292 Å². The Kier molecular flexibility index (Phi) is 10.3. The molecule has 16 heteroatoms. The van der Waals surface area contributed by atoms with Crippen molar-refractivity contribution in [2.24, 2.45) is 0 Å². The van der Waals surface area contributed by atoms with Crippen molar-refractivity contribution in [3.05, 3.63) is 59.7 Å². The van der Waals surface area contributed by atoms with Gasteiger partial charge in [-0.25, -0.2) is 37.1 Å². The van der Waals surface area contributed by atoms with E-state index in [1.165, 1.54) is 24.3 Å². The lowest BCUT2D eigenvalue weighted by Gasteiger charge is -2.20. The lowest BCUT2D eigenvalue weighted by atomic mass is 10.1. The molecule has 0 bridgehead atoms. The molecule has 268 valence electrons. The second-order valence-corrected chi connectivity index (χ2v) is 17.0. The van der Waals surface area contributed by atoms with Crippen molar-refractivity contribution >= 4 is 77.1 Å². The minimum atomic E-state index is -3.36. The maximum Gasteiger partial charge on any atom is 0.157 e. The van der Waals surface area contributed by atoms with Gasteiger partial charge in [0.05, 0.1) is 52.1 Å². The van der Waals surface area contributed by atoms with Crippen LogP contribution in [0.1, 0.15) is 53.2 Å². The summed E-state index contributed by atoms with van der Waals surface area (Å²) in [7, 11) is -3.36. The Morgan fingerprint density at radius 1 is 0.760 bits per heavy atom. The topological polar surface area (TPSA) is 188 Å². The minimum Gasteiger partial charge on any atom is -0.389 e. The molecule has 0 saturated heterocycles. The lowest BCUT2D eigenvalue weighted by Crippen LogP contribution is -2.27. The van der Waals surface area contributed by atoms with Crippen molar-refractivity contribution < 1.29 is 27.4 Å². The third-order valence-corrected chi connectivity index (χ3v) is 10.3. The molecule has 0 fully saturated rings. The van der Waals surface area contributed by atoms with Crippen LogP contribution in [-0.4, -0.2) is 70.4 Å². The van der Waals surface area contributed by atoms with Crippen LogP contribution in [0.4, 0.5) is 20.4 Å². The predicted molar refractivity (Wildman–Crippen MR) is 196 cm³/mol. The first kappa shape index (κ1) is 37.1. The fourth-order valence-corrected chi connectivity index (χ4v) is 7.11. The highest BCUT2D eigenvalue weighted by Gasteiger charge is 2.26. The molecule has 0 aliphatic heterocycles. The van der Waals surface area contributed by atoms with Crippen molar-refractivity contribution in [3.8, 4) is 0 Å². The third kappa shape index (κ3) is 8.09. The average molecular weight is 729 g/mol. The van der Waals surface area contributed by atoms with Crippen molar-refractivity contribution in [1.82, 2.24) is 29.1 Å². The van der Waals surface area contributed by atoms with Crippen LogP contribution in [0, 0.1) is 11.6 Å². The van der Waals surface area contributed by atoms with Gasteiger partial charge in [-0.2, -0.15) is 11.8 Å². The molecule has 0 amide bonds. The maximum absolute atomic E-state index is 13.6. The number of aromatic nitrogens is 6. The van der Waals surface area contributed by atoms with E-state index in [4.69, 9.17) is 11.5 Å². The Hall–Kier alpha value is -4.12. The van der Waals surface area contributed by atoms with E-state index in [0.29, 0.717) is 45.3 Å². The van der Waals surface area contributed by atoms with E-state index >= 15 is 0 Å². The summed E-state index contributed by atoms with van der Waals surface area (Å²) in [5.74, 6) is 2.03. The molecule has 0 spiro atoms. The number of hydrogen-bond acceptors (Lipinski definition) is 11. The highest BCUT2D eigenvalue weighted by Crippen LogP contribution is 2.33. The number of nitrogens with two attached hydrogens (primary N) is 2. The zero-order valence-electron chi connectivity index (χ0n) is 28.8. The van der Waals surface area contributed by atoms with Gasteiger partial charge in [0.25, 0.3) is 0 Å². The minimum absolute atomic E-state index is 0.0294. The summed E-state index contributed by atoms with van der Waals surface area (Å²) in [5.41, 5.74) is 13.1. The zero-order valence-corrected chi connectivity index (χ0v) is 30.5. The van der Waals surface area contributed by atoms with Crippen LogP contribution in [0.25, 0.3) is 43.9 Å². The number of halogens is 2.